The first kappa shape index (κ1) is 15.8. The molecule has 1 saturated heterocycles. The molecule has 2 amide bonds. The van der Waals surface area contributed by atoms with E-state index in [0.29, 0.717) is 23.9 Å². The smallest absolute Gasteiger partial charge is 0.277 e. The van der Waals surface area contributed by atoms with Crippen LogP contribution in [-0.4, -0.2) is 32.9 Å². The van der Waals surface area contributed by atoms with Gasteiger partial charge in [-0.2, -0.15) is 0 Å². The molecule has 0 aromatic carbocycles. The molecule has 7 heteroatoms. The average molecular weight is 339 g/mol. The van der Waals surface area contributed by atoms with Crippen LogP contribution in [0.2, 0.25) is 0 Å². The van der Waals surface area contributed by atoms with Gasteiger partial charge in [-0.05, 0) is 30.9 Å². The van der Waals surface area contributed by atoms with Gasteiger partial charge in [-0.15, -0.1) is 0 Å². The Bertz CT molecular complexity index is 811. The minimum Gasteiger partial charge on any atom is -0.334 e. The van der Waals surface area contributed by atoms with E-state index in [4.69, 9.17) is 0 Å². The van der Waals surface area contributed by atoms with E-state index in [1.807, 2.05) is 12.3 Å². The molecule has 1 atom stereocenters. The second-order valence-corrected chi connectivity index (χ2v) is 6.84. The summed E-state index contributed by atoms with van der Waals surface area (Å²) in [5.74, 6) is 1.90. The van der Waals surface area contributed by atoms with E-state index in [1.54, 1.807) is 17.2 Å². The van der Waals surface area contributed by atoms with Gasteiger partial charge in [0.1, 0.15) is 17.3 Å². The number of amides is 2. The van der Waals surface area contributed by atoms with Crippen LogP contribution in [-0.2, 0) is 17.8 Å². The molecule has 1 fully saturated rings. The zero-order valence-electron chi connectivity index (χ0n) is 14.2. The molecule has 4 rings (SSSR count). The summed E-state index contributed by atoms with van der Waals surface area (Å²) in [5.41, 5.74) is 1.19. The Labute approximate surface area is 146 Å². The van der Waals surface area contributed by atoms with E-state index in [2.05, 4.69) is 26.8 Å². The van der Waals surface area contributed by atoms with Crippen LogP contribution >= 0.6 is 0 Å². The van der Waals surface area contributed by atoms with E-state index in [0.717, 1.165) is 43.9 Å². The molecule has 2 aromatic rings. The molecule has 0 bridgehead atoms. The first-order valence-electron chi connectivity index (χ1n) is 8.74. The molecule has 130 valence electrons. The fourth-order valence-electron chi connectivity index (χ4n) is 3.41. The van der Waals surface area contributed by atoms with Crippen LogP contribution in [0.3, 0.4) is 0 Å². The van der Waals surface area contributed by atoms with E-state index >= 15 is 0 Å². The molecule has 4 heterocycles. The number of hydrogen-bond donors (Lipinski definition) is 1. The van der Waals surface area contributed by atoms with Crippen molar-refractivity contribution in [2.75, 3.05) is 16.8 Å². The molecule has 1 N–H and O–H groups in total. The number of rotatable bonds is 3. The molecule has 0 spiro atoms. The number of nitrogens with zero attached hydrogens (tertiary/aromatic N) is 4. The fourth-order valence-corrected chi connectivity index (χ4v) is 3.41. The lowest BCUT2D eigenvalue weighted by Crippen LogP contribution is -2.23. The second-order valence-electron chi connectivity index (χ2n) is 6.84. The largest absolute Gasteiger partial charge is 0.334 e. The van der Waals surface area contributed by atoms with Crippen LogP contribution in [0.5, 0.6) is 0 Å². The molecule has 0 aliphatic carbocycles. The maximum atomic E-state index is 12.4. The third-order valence-electron chi connectivity index (χ3n) is 4.86. The summed E-state index contributed by atoms with van der Waals surface area (Å²) in [7, 11) is 0. The number of anilines is 2. The van der Waals surface area contributed by atoms with Gasteiger partial charge in [-0.1, -0.05) is 6.92 Å². The minimum absolute atomic E-state index is 0.122. The Kier molecular flexibility index (Phi) is 3.99. The van der Waals surface area contributed by atoms with Gasteiger partial charge in [0.15, 0.2) is 0 Å². The molecule has 2 aliphatic rings. The maximum Gasteiger partial charge on any atom is 0.277 e. The summed E-state index contributed by atoms with van der Waals surface area (Å²) < 4.78 is 2.06. The number of aryl methyl sites for hydroxylation is 1. The number of carbonyl (C=O) groups is 2. The first-order valence-corrected chi connectivity index (χ1v) is 8.74. The standard InChI is InChI=1S/C18H21N5O2/c1-12-6-8-22-11-14(20-16(22)9-12)18(25)21-15-5-4-13(10-19-15)23-7-2-3-17(23)24/h4-5,10-12H,2-3,6-9H2,1H3,(H,19,21,25). The number of pyridine rings is 1. The number of fused-ring (bicyclic) bond motifs is 1. The summed E-state index contributed by atoms with van der Waals surface area (Å²) in [4.78, 5) is 34.6. The SMILES string of the molecule is CC1CCn2cc(C(=O)Nc3ccc(N4CCCC4=O)cn3)nc2C1. The quantitative estimate of drug-likeness (QED) is 0.930. The van der Waals surface area contributed by atoms with Crippen molar-refractivity contribution in [3.05, 3.63) is 36.0 Å². The van der Waals surface area contributed by atoms with Gasteiger partial charge < -0.3 is 14.8 Å². The van der Waals surface area contributed by atoms with Gasteiger partial charge in [-0.25, -0.2) is 9.97 Å². The zero-order valence-corrected chi connectivity index (χ0v) is 14.2. The van der Waals surface area contributed by atoms with Crippen molar-refractivity contribution in [1.82, 2.24) is 14.5 Å². The number of carbonyl (C=O) groups excluding carboxylic acids is 2. The third kappa shape index (κ3) is 3.14. The molecule has 2 aromatic heterocycles. The summed E-state index contributed by atoms with van der Waals surface area (Å²) in [6.45, 7) is 3.84. The molecule has 1 unspecified atom stereocenters. The van der Waals surface area contributed by atoms with Crippen molar-refractivity contribution in [1.29, 1.82) is 0 Å². The van der Waals surface area contributed by atoms with Gasteiger partial charge in [0.05, 0.1) is 11.9 Å². The Hall–Kier alpha value is -2.70. The lowest BCUT2D eigenvalue weighted by atomic mass is 10.0. The van der Waals surface area contributed by atoms with Gasteiger partial charge in [0.2, 0.25) is 5.91 Å². The molecular weight excluding hydrogens is 318 g/mol. The van der Waals surface area contributed by atoms with E-state index < -0.39 is 0 Å². The van der Waals surface area contributed by atoms with Crippen LogP contribution in [0.25, 0.3) is 0 Å². The van der Waals surface area contributed by atoms with Crippen molar-refractivity contribution in [2.45, 2.75) is 39.2 Å². The average Bonchev–Trinajstić information content (AvgIpc) is 3.21. The predicted octanol–water partition coefficient (Wildman–Crippen LogP) is 2.24. The Morgan fingerprint density at radius 2 is 2.20 bits per heavy atom. The van der Waals surface area contributed by atoms with Crippen LogP contribution in [0, 0.1) is 5.92 Å². The van der Waals surface area contributed by atoms with Crippen molar-refractivity contribution in [2.24, 2.45) is 5.92 Å². The van der Waals surface area contributed by atoms with Crippen molar-refractivity contribution >= 4 is 23.3 Å². The van der Waals surface area contributed by atoms with E-state index in [-0.39, 0.29) is 11.8 Å². The van der Waals surface area contributed by atoms with Gasteiger partial charge in [-0.3, -0.25) is 9.59 Å². The highest BCUT2D eigenvalue weighted by atomic mass is 16.2. The highest BCUT2D eigenvalue weighted by Crippen LogP contribution is 2.22. The minimum atomic E-state index is -0.257. The second kappa shape index (κ2) is 6.31. The van der Waals surface area contributed by atoms with Gasteiger partial charge >= 0.3 is 0 Å². The maximum absolute atomic E-state index is 12.4. The Morgan fingerprint density at radius 3 is 2.92 bits per heavy atom. The van der Waals surface area contributed by atoms with Gasteiger partial charge in [0.25, 0.3) is 5.91 Å². The predicted molar refractivity (Wildman–Crippen MR) is 93.5 cm³/mol. The van der Waals surface area contributed by atoms with Gasteiger partial charge in [0, 0.05) is 32.1 Å². The fraction of sp³-hybridized carbons (Fsp3) is 0.444. The topological polar surface area (TPSA) is 80.1 Å². The Morgan fingerprint density at radius 1 is 1.32 bits per heavy atom. The molecule has 0 saturated carbocycles. The van der Waals surface area contributed by atoms with Crippen molar-refractivity contribution in [3.8, 4) is 0 Å². The molecule has 2 aliphatic heterocycles. The number of nitrogens with one attached hydrogen (secondary N) is 1. The first-order chi connectivity index (χ1) is 12.1. The number of aromatic nitrogens is 3. The number of hydrogen-bond acceptors (Lipinski definition) is 4. The Balaban J connectivity index is 1.45. The monoisotopic (exact) mass is 339 g/mol. The van der Waals surface area contributed by atoms with Crippen LogP contribution < -0.4 is 10.2 Å². The summed E-state index contributed by atoms with van der Waals surface area (Å²) in [6.07, 6.45) is 6.92. The van der Waals surface area contributed by atoms with Crippen LogP contribution in [0.1, 0.15) is 42.5 Å². The van der Waals surface area contributed by atoms with E-state index in [9.17, 15) is 9.59 Å². The van der Waals surface area contributed by atoms with Crippen molar-refractivity contribution in [3.63, 3.8) is 0 Å². The molecule has 0 radical (unpaired) electrons. The lowest BCUT2D eigenvalue weighted by Gasteiger charge is -2.18. The van der Waals surface area contributed by atoms with Crippen LogP contribution in [0.4, 0.5) is 11.5 Å². The van der Waals surface area contributed by atoms with E-state index in [1.165, 1.54) is 0 Å². The van der Waals surface area contributed by atoms with Crippen molar-refractivity contribution < 1.29 is 9.59 Å². The molecular formula is C18H21N5O2. The normalized spacial score (nSPS) is 19.8. The number of imidazole rings is 1. The lowest BCUT2D eigenvalue weighted by molar-refractivity contribution is -0.117. The third-order valence-corrected chi connectivity index (χ3v) is 4.86. The molecule has 7 nitrogen and oxygen atoms in total. The van der Waals surface area contributed by atoms with Crippen LogP contribution in [0.15, 0.2) is 24.5 Å². The highest BCUT2D eigenvalue weighted by molar-refractivity contribution is 6.02. The summed E-state index contributed by atoms with van der Waals surface area (Å²) >= 11 is 0. The highest BCUT2D eigenvalue weighted by Gasteiger charge is 2.23. The molecule has 25 heavy (non-hydrogen) atoms. The summed E-state index contributed by atoms with van der Waals surface area (Å²) in [6, 6.07) is 3.53. The zero-order chi connectivity index (χ0) is 17.4. The summed E-state index contributed by atoms with van der Waals surface area (Å²) in [5, 5.41) is 2.78.